The molecular formula is C19H27N3O2. The van der Waals surface area contributed by atoms with E-state index in [0.29, 0.717) is 5.89 Å². The van der Waals surface area contributed by atoms with Crippen molar-refractivity contribution in [1.82, 2.24) is 4.98 Å². The molecule has 0 aliphatic carbocycles. The molecule has 0 radical (unpaired) electrons. The van der Waals surface area contributed by atoms with Crippen LogP contribution in [0, 0.1) is 0 Å². The normalized spacial score (nSPS) is 12.9. The Morgan fingerprint density at radius 3 is 2.54 bits per heavy atom. The quantitative estimate of drug-likeness (QED) is 0.822. The number of nitrogens with one attached hydrogen (secondary N) is 1. The molecule has 0 saturated carbocycles. The maximum Gasteiger partial charge on any atom is 0.277 e. The van der Waals surface area contributed by atoms with Crippen LogP contribution in [-0.4, -0.2) is 10.9 Å². The van der Waals surface area contributed by atoms with Gasteiger partial charge in [-0.1, -0.05) is 52.7 Å². The molecule has 1 atom stereocenters. The third-order valence-electron chi connectivity index (χ3n) is 3.95. The average Bonchev–Trinajstić information content (AvgIpc) is 3.02. The van der Waals surface area contributed by atoms with Gasteiger partial charge in [-0.25, -0.2) is 4.98 Å². The number of oxazole rings is 1. The Balaban J connectivity index is 2.01. The first kappa shape index (κ1) is 18.2. The summed E-state index contributed by atoms with van der Waals surface area (Å²) in [6.07, 6.45) is 4.23. The lowest BCUT2D eigenvalue weighted by atomic mass is 9.87. The summed E-state index contributed by atoms with van der Waals surface area (Å²) in [6, 6.07) is 7.56. The number of hydrogen-bond acceptors (Lipinski definition) is 4. The Kier molecular flexibility index (Phi) is 5.78. The van der Waals surface area contributed by atoms with E-state index >= 15 is 0 Å². The Morgan fingerprint density at radius 1 is 1.29 bits per heavy atom. The van der Waals surface area contributed by atoms with E-state index in [1.807, 2.05) is 24.3 Å². The van der Waals surface area contributed by atoms with E-state index in [1.54, 1.807) is 0 Å². The number of carbonyl (C=O) groups is 1. The topological polar surface area (TPSA) is 81.1 Å². The Morgan fingerprint density at radius 2 is 1.96 bits per heavy atom. The fraction of sp³-hybridized carbons (Fsp3) is 0.474. The van der Waals surface area contributed by atoms with Gasteiger partial charge in [-0.15, -0.1) is 0 Å². The number of amides is 1. The van der Waals surface area contributed by atoms with Crippen LogP contribution >= 0.6 is 0 Å². The van der Waals surface area contributed by atoms with Crippen molar-refractivity contribution >= 4 is 11.6 Å². The van der Waals surface area contributed by atoms with Gasteiger partial charge in [0, 0.05) is 5.69 Å². The number of nitrogens with zero attached hydrogens (tertiary/aromatic N) is 1. The molecule has 0 saturated heterocycles. The molecule has 2 rings (SSSR count). The second kappa shape index (κ2) is 7.62. The first-order valence-electron chi connectivity index (χ1n) is 8.44. The van der Waals surface area contributed by atoms with E-state index in [0.717, 1.165) is 24.9 Å². The van der Waals surface area contributed by atoms with Crippen LogP contribution in [0.3, 0.4) is 0 Å². The molecule has 1 aromatic heterocycles. The van der Waals surface area contributed by atoms with E-state index in [-0.39, 0.29) is 23.1 Å². The zero-order valence-corrected chi connectivity index (χ0v) is 14.9. The summed E-state index contributed by atoms with van der Waals surface area (Å²) in [4.78, 5) is 16.5. The molecule has 3 N–H and O–H groups in total. The molecule has 1 unspecified atom stereocenters. The lowest BCUT2D eigenvalue weighted by Crippen LogP contribution is -2.15. The van der Waals surface area contributed by atoms with Crippen LogP contribution in [0.2, 0.25) is 0 Å². The Hall–Kier alpha value is -2.14. The molecule has 0 spiro atoms. The van der Waals surface area contributed by atoms with E-state index in [9.17, 15) is 4.79 Å². The predicted molar refractivity (Wildman–Crippen MR) is 96.1 cm³/mol. The predicted octanol–water partition coefficient (Wildman–Crippen LogP) is 4.41. The summed E-state index contributed by atoms with van der Waals surface area (Å²) in [5, 5.41) is 2.83. The summed E-state index contributed by atoms with van der Waals surface area (Å²) >= 11 is 0. The fourth-order valence-electron chi connectivity index (χ4n) is 2.36. The van der Waals surface area contributed by atoms with Crippen LogP contribution in [0.5, 0.6) is 0 Å². The van der Waals surface area contributed by atoms with Crippen molar-refractivity contribution in [3.8, 4) is 0 Å². The summed E-state index contributed by atoms with van der Waals surface area (Å²) in [6.45, 7) is 8.56. The van der Waals surface area contributed by atoms with Gasteiger partial charge in [0.15, 0.2) is 5.69 Å². The minimum Gasteiger partial charge on any atom is -0.446 e. The van der Waals surface area contributed by atoms with Gasteiger partial charge in [0.25, 0.3) is 5.91 Å². The second-order valence-corrected chi connectivity index (χ2v) is 7.10. The highest BCUT2D eigenvalue weighted by Gasteiger charge is 2.17. The van der Waals surface area contributed by atoms with Gasteiger partial charge in [-0.05, 0) is 29.5 Å². The zero-order chi connectivity index (χ0) is 17.7. The number of nitrogens with two attached hydrogens (primary N) is 1. The number of rotatable bonds is 6. The third-order valence-corrected chi connectivity index (χ3v) is 3.95. The van der Waals surface area contributed by atoms with Crippen LogP contribution in [0.25, 0.3) is 0 Å². The number of hydrogen-bond donors (Lipinski definition) is 2. The largest absolute Gasteiger partial charge is 0.446 e. The van der Waals surface area contributed by atoms with Gasteiger partial charge in [0.05, 0.1) is 6.04 Å². The summed E-state index contributed by atoms with van der Waals surface area (Å²) in [7, 11) is 0. The standard InChI is InChI=1S/C19H27N3O2/c1-5-6-7-15(20)18-22-16(12-24-18)17(23)21-14-10-8-13(9-11-14)19(2,3)4/h8-12,15H,5-7,20H2,1-4H3,(H,21,23). The second-order valence-electron chi connectivity index (χ2n) is 7.10. The maximum atomic E-state index is 12.3. The lowest BCUT2D eigenvalue weighted by molar-refractivity contribution is 0.102. The van der Waals surface area contributed by atoms with Crippen molar-refractivity contribution in [3.63, 3.8) is 0 Å². The van der Waals surface area contributed by atoms with E-state index in [4.69, 9.17) is 10.2 Å². The number of anilines is 1. The molecular weight excluding hydrogens is 302 g/mol. The van der Waals surface area contributed by atoms with E-state index in [2.05, 4.69) is 38.0 Å². The first-order valence-corrected chi connectivity index (χ1v) is 8.44. The summed E-state index contributed by atoms with van der Waals surface area (Å²) in [5.41, 5.74) is 8.29. The highest BCUT2D eigenvalue weighted by Crippen LogP contribution is 2.24. The van der Waals surface area contributed by atoms with Gasteiger partial charge in [0.2, 0.25) is 5.89 Å². The Bertz CT molecular complexity index is 669. The van der Waals surface area contributed by atoms with Crippen molar-refractivity contribution in [2.45, 2.75) is 58.4 Å². The molecule has 1 amide bonds. The highest BCUT2D eigenvalue weighted by molar-refractivity contribution is 6.02. The van der Waals surface area contributed by atoms with Gasteiger partial charge in [-0.3, -0.25) is 4.79 Å². The van der Waals surface area contributed by atoms with Crippen LogP contribution in [0.4, 0.5) is 5.69 Å². The molecule has 0 aliphatic rings. The van der Waals surface area contributed by atoms with Gasteiger partial charge >= 0.3 is 0 Å². The SMILES string of the molecule is CCCCC(N)c1nc(C(=O)Nc2ccc(C(C)(C)C)cc2)co1. The fourth-order valence-corrected chi connectivity index (χ4v) is 2.36. The molecule has 2 aromatic rings. The molecule has 1 aromatic carbocycles. The number of aromatic nitrogens is 1. The minimum atomic E-state index is -0.295. The van der Waals surface area contributed by atoms with Crippen LogP contribution in [0.1, 0.15) is 74.9 Å². The van der Waals surface area contributed by atoms with Gasteiger partial charge in [0.1, 0.15) is 6.26 Å². The van der Waals surface area contributed by atoms with Crippen LogP contribution in [-0.2, 0) is 5.41 Å². The molecule has 1 heterocycles. The number of unbranched alkanes of at least 4 members (excludes halogenated alkanes) is 1. The van der Waals surface area contributed by atoms with Crippen molar-refractivity contribution in [3.05, 3.63) is 47.7 Å². The number of benzene rings is 1. The smallest absolute Gasteiger partial charge is 0.277 e. The van der Waals surface area contributed by atoms with E-state index < -0.39 is 0 Å². The van der Waals surface area contributed by atoms with Crippen molar-refractivity contribution in [2.24, 2.45) is 5.73 Å². The maximum absolute atomic E-state index is 12.3. The van der Waals surface area contributed by atoms with Crippen LogP contribution < -0.4 is 11.1 Å². The summed E-state index contributed by atoms with van der Waals surface area (Å²) in [5.74, 6) is 0.118. The highest BCUT2D eigenvalue weighted by atomic mass is 16.3. The minimum absolute atomic E-state index is 0.0815. The zero-order valence-electron chi connectivity index (χ0n) is 14.9. The molecule has 130 valence electrons. The third kappa shape index (κ3) is 4.68. The average molecular weight is 329 g/mol. The van der Waals surface area contributed by atoms with E-state index in [1.165, 1.54) is 11.8 Å². The van der Waals surface area contributed by atoms with Crippen molar-refractivity contribution in [2.75, 3.05) is 5.32 Å². The molecule has 0 bridgehead atoms. The van der Waals surface area contributed by atoms with Gasteiger partial charge < -0.3 is 15.5 Å². The molecule has 5 heteroatoms. The molecule has 0 aliphatic heterocycles. The van der Waals surface area contributed by atoms with Gasteiger partial charge in [-0.2, -0.15) is 0 Å². The molecule has 24 heavy (non-hydrogen) atoms. The monoisotopic (exact) mass is 329 g/mol. The Labute approximate surface area is 143 Å². The molecule has 5 nitrogen and oxygen atoms in total. The summed E-state index contributed by atoms with van der Waals surface area (Å²) < 4.78 is 5.35. The molecule has 0 fully saturated rings. The van der Waals surface area contributed by atoms with Crippen molar-refractivity contribution in [1.29, 1.82) is 0 Å². The number of carbonyl (C=O) groups excluding carboxylic acids is 1. The van der Waals surface area contributed by atoms with Crippen LogP contribution in [0.15, 0.2) is 34.9 Å². The first-order chi connectivity index (χ1) is 11.3. The van der Waals surface area contributed by atoms with Crippen molar-refractivity contribution < 1.29 is 9.21 Å². The lowest BCUT2D eigenvalue weighted by Gasteiger charge is -2.19.